The van der Waals surface area contributed by atoms with Crippen LogP contribution in [0.25, 0.3) is 12.2 Å². The average molecular weight is 755 g/mol. The van der Waals surface area contributed by atoms with Crippen molar-refractivity contribution in [2.24, 2.45) is 0 Å². The SMILES string of the molecule is COc1cc(C=CC(=O)OC2C(OC3(CO)OC(CO)C(O)C3OC(=O)C=Cc3cc(OC)c(O)c(OC)c3)OC(CO)C(O)C2O)cc(OC)c1O. The average Bonchev–Trinajstić information content (AvgIpc) is 3.42. The van der Waals surface area contributed by atoms with Crippen molar-refractivity contribution in [3.05, 3.63) is 47.5 Å². The van der Waals surface area contributed by atoms with Gasteiger partial charge in [0.2, 0.25) is 23.6 Å². The van der Waals surface area contributed by atoms with E-state index in [9.17, 15) is 50.4 Å². The number of aliphatic hydroxyl groups excluding tert-OH is 6. The zero-order valence-electron chi connectivity index (χ0n) is 28.9. The van der Waals surface area contributed by atoms with Crippen molar-refractivity contribution < 1.29 is 93.1 Å². The summed E-state index contributed by atoms with van der Waals surface area (Å²) in [6.07, 6.45) is -10.1. The van der Waals surface area contributed by atoms with E-state index in [1.54, 1.807) is 0 Å². The first-order chi connectivity index (χ1) is 25.3. The third kappa shape index (κ3) is 8.92. The lowest BCUT2D eigenvalue weighted by Gasteiger charge is -2.44. The third-order valence-electron chi connectivity index (χ3n) is 8.34. The van der Waals surface area contributed by atoms with Crippen molar-refractivity contribution in [2.45, 2.75) is 54.8 Å². The number of ether oxygens (including phenoxy) is 9. The summed E-state index contributed by atoms with van der Waals surface area (Å²) in [6.45, 7) is -2.90. The summed E-state index contributed by atoms with van der Waals surface area (Å²) in [6, 6.07) is 5.51. The van der Waals surface area contributed by atoms with Gasteiger partial charge in [0, 0.05) is 12.2 Å². The standard InChI is InChI=1S/C34H42O19/c1-45-18-9-16(10-19(46-2)26(18)40)5-7-24(38)50-31-30(44)28(42)22(13-35)49-33(31)53-34(15-37)32(29(43)23(14-36)52-34)51-25(39)8-6-17-11-20(47-3)27(41)21(12-17)48-4/h5-12,22-23,28-33,35-37,40-44H,13-15H2,1-4H3. The number of benzene rings is 2. The fraction of sp³-hybridized carbons (Fsp3) is 0.471. The van der Waals surface area contributed by atoms with Gasteiger partial charge in [0.05, 0.1) is 41.7 Å². The van der Waals surface area contributed by atoms with Crippen molar-refractivity contribution in [1.29, 1.82) is 0 Å². The maximum absolute atomic E-state index is 13.0. The van der Waals surface area contributed by atoms with Crippen molar-refractivity contribution in [3.63, 3.8) is 0 Å². The molecule has 9 unspecified atom stereocenters. The molecule has 2 heterocycles. The molecular formula is C34H42O19. The Hall–Kier alpha value is -4.70. The minimum Gasteiger partial charge on any atom is -0.502 e. The highest BCUT2D eigenvalue weighted by Crippen LogP contribution is 2.40. The van der Waals surface area contributed by atoms with Crippen molar-refractivity contribution in [1.82, 2.24) is 0 Å². The van der Waals surface area contributed by atoms with E-state index in [0.717, 1.165) is 12.2 Å². The Labute approximate surface area is 302 Å². The molecule has 2 aliphatic rings. The van der Waals surface area contributed by atoms with Crippen LogP contribution in [-0.2, 0) is 33.3 Å². The molecule has 19 heteroatoms. The van der Waals surface area contributed by atoms with Gasteiger partial charge < -0.3 is 83.5 Å². The summed E-state index contributed by atoms with van der Waals surface area (Å²) in [4.78, 5) is 26.1. The second kappa shape index (κ2) is 17.9. The Balaban J connectivity index is 1.60. The molecule has 292 valence electrons. The number of carbonyl (C=O) groups is 2. The zero-order valence-corrected chi connectivity index (χ0v) is 28.9. The lowest BCUT2D eigenvalue weighted by molar-refractivity contribution is -0.383. The summed E-state index contributed by atoms with van der Waals surface area (Å²) in [7, 11) is 5.21. The lowest BCUT2D eigenvalue weighted by Crippen LogP contribution is -2.64. The van der Waals surface area contributed by atoms with E-state index < -0.39 is 86.6 Å². The molecule has 0 aliphatic carbocycles. The van der Waals surface area contributed by atoms with E-state index in [-0.39, 0.29) is 34.5 Å². The van der Waals surface area contributed by atoms with Gasteiger partial charge in [0.15, 0.2) is 35.2 Å². The Morgan fingerprint density at radius 3 is 1.57 bits per heavy atom. The number of carbonyl (C=O) groups excluding carboxylic acids is 2. The van der Waals surface area contributed by atoms with Crippen LogP contribution in [0.5, 0.6) is 34.5 Å². The second-order valence-corrected chi connectivity index (χ2v) is 11.6. The fourth-order valence-electron chi connectivity index (χ4n) is 5.57. The Bertz CT molecular complexity index is 1590. The molecule has 0 saturated carbocycles. The molecule has 0 radical (unpaired) electrons. The predicted molar refractivity (Wildman–Crippen MR) is 177 cm³/mol. The number of aliphatic hydroxyl groups is 6. The molecule has 2 aromatic rings. The van der Waals surface area contributed by atoms with Gasteiger partial charge >= 0.3 is 11.9 Å². The minimum atomic E-state index is -2.55. The number of hydrogen-bond donors (Lipinski definition) is 8. The van der Waals surface area contributed by atoms with Crippen molar-refractivity contribution in [3.8, 4) is 34.5 Å². The van der Waals surface area contributed by atoms with E-state index in [4.69, 9.17) is 42.6 Å². The monoisotopic (exact) mass is 754 g/mol. The number of esters is 2. The molecule has 2 saturated heterocycles. The second-order valence-electron chi connectivity index (χ2n) is 11.6. The first-order valence-corrected chi connectivity index (χ1v) is 15.8. The zero-order chi connectivity index (χ0) is 39.0. The molecular weight excluding hydrogens is 712 g/mol. The Kier molecular flexibility index (Phi) is 13.9. The van der Waals surface area contributed by atoms with Crippen LogP contribution in [0.4, 0.5) is 0 Å². The van der Waals surface area contributed by atoms with Crippen molar-refractivity contribution >= 4 is 24.1 Å². The minimum absolute atomic E-state index is 0.0286. The number of aromatic hydroxyl groups is 2. The van der Waals surface area contributed by atoms with E-state index >= 15 is 0 Å². The van der Waals surface area contributed by atoms with Crippen LogP contribution < -0.4 is 18.9 Å². The molecule has 2 aliphatic heterocycles. The highest BCUT2D eigenvalue weighted by atomic mass is 16.8. The molecule has 53 heavy (non-hydrogen) atoms. The summed E-state index contributed by atoms with van der Waals surface area (Å²) >= 11 is 0. The maximum atomic E-state index is 13.0. The Morgan fingerprint density at radius 1 is 0.698 bits per heavy atom. The van der Waals surface area contributed by atoms with Gasteiger partial charge in [0.25, 0.3) is 0 Å². The number of phenols is 2. The fourth-order valence-corrected chi connectivity index (χ4v) is 5.57. The normalized spacial score (nSPS) is 28.6. The first kappa shape index (κ1) is 41.1. The van der Waals surface area contributed by atoms with Gasteiger partial charge in [-0.2, -0.15) is 0 Å². The molecule has 2 fully saturated rings. The predicted octanol–water partition coefficient (Wildman–Crippen LogP) is -1.42. The molecule has 4 rings (SSSR count). The summed E-state index contributed by atoms with van der Waals surface area (Å²) in [5.41, 5.74) is 0.627. The van der Waals surface area contributed by atoms with Gasteiger partial charge in [-0.1, -0.05) is 0 Å². The molecule has 9 atom stereocenters. The van der Waals surface area contributed by atoms with Crippen molar-refractivity contribution in [2.75, 3.05) is 48.3 Å². The molecule has 19 nitrogen and oxygen atoms in total. The van der Waals surface area contributed by atoms with E-state index in [1.165, 1.54) is 64.9 Å². The number of rotatable bonds is 15. The first-order valence-electron chi connectivity index (χ1n) is 15.8. The highest BCUT2D eigenvalue weighted by molar-refractivity contribution is 5.88. The number of methoxy groups -OCH3 is 4. The molecule has 8 N–H and O–H groups in total. The van der Waals surface area contributed by atoms with E-state index in [0.29, 0.717) is 11.1 Å². The molecule has 0 aromatic heterocycles. The van der Waals surface area contributed by atoms with E-state index in [2.05, 4.69) is 0 Å². The maximum Gasteiger partial charge on any atom is 0.331 e. The van der Waals surface area contributed by atoms with Crippen LogP contribution in [0, 0.1) is 0 Å². The number of phenolic OH excluding ortho intramolecular Hbond substituents is 2. The van der Waals surface area contributed by atoms with E-state index in [1.807, 2.05) is 0 Å². The van der Waals surface area contributed by atoms with Crippen LogP contribution in [-0.4, -0.2) is 156 Å². The quantitative estimate of drug-likeness (QED) is 0.0765. The summed E-state index contributed by atoms with van der Waals surface area (Å²) < 4.78 is 48.3. The molecule has 0 amide bonds. The van der Waals surface area contributed by atoms with Crippen LogP contribution >= 0.6 is 0 Å². The number of hydrogen-bond acceptors (Lipinski definition) is 19. The summed E-state index contributed by atoms with van der Waals surface area (Å²) in [5.74, 6) is -5.25. The van der Waals surface area contributed by atoms with Gasteiger partial charge in [-0.15, -0.1) is 0 Å². The van der Waals surface area contributed by atoms with Gasteiger partial charge in [-0.05, 0) is 47.5 Å². The van der Waals surface area contributed by atoms with Gasteiger partial charge in [-0.25, -0.2) is 9.59 Å². The smallest absolute Gasteiger partial charge is 0.331 e. The third-order valence-corrected chi connectivity index (χ3v) is 8.34. The topological polar surface area (TPSA) is 279 Å². The largest absolute Gasteiger partial charge is 0.502 e. The summed E-state index contributed by atoms with van der Waals surface area (Å²) in [5, 5.41) is 83.1. The highest BCUT2D eigenvalue weighted by Gasteiger charge is 2.61. The van der Waals surface area contributed by atoms with Crippen LogP contribution in [0.2, 0.25) is 0 Å². The van der Waals surface area contributed by atoms with Crippen LogP contribution in [0.15, 0.2) is 36.4 Å². The molecule has 0 bridgehead atoms. The molecule has 0 spiro atoms. The van der Waals surface area contributed by atoms with Gasteiger partial charge in [-0.3, -0.25) is 0 Å². The van der Waals surface area contributed by atoms with Gasteiger partial charge in [0.1, 0.15) is 37.1 Å². The van der Waals surface area contributed by atoms with Crippen LogP contribution in [0.3, 0.4) is 0 Å². The van der Waals surface area contributed by atoms with Crippen LogP contribution in [0.1, 0.15) is 11.1 Å². The molecule has 2 aromatic carbocycles. The lowest BCUT2D eigenvalue weighted by atomic mass is 9.98. The Morgan fingerprint density at radius 2 is 1.15 bits per heavy atom.